The van der Waals surface area contributed by atoms with Crippen LogP contribution in [0.4, 0.5) is 0 Å². The van der Waals surface area contributed by atoms with Gasteiger partial charge in [-0.1, -0.05) is 20.3 Å². The third-order valence-corrected chi connectivity index (χ3v) is 2.90. The van der Waals surface area contributed by atoms with Crippen molar-refractivity contribution in [3.05, 3.63) is 0 Å². The topological polar surface area (TPSA) is 49.4 Å². The highest BCUT2D eigenvalue weighted by Crippen LogP contribution is 2.09. The first-order valence-corrected chi connectivity index (χ1v) is 5.62. The van der Waals surface area contributed by atoms with Crippen molar-refractivity contribution in [2.45, 2.75) is 39.7 Å². The Morgan fingerprint density at radius 2 is 2.20 bits per heavy atom. The minimum Gasteiger partial charge on any atom is -0.345 e. The van der Waals surface area contributed by atoms with Gasteiger partial charge in [-0.15, -0.1) is 0 Å². The minimum absolute atomic E-state index is 0.0255. The second kappa shape index (κ2) is 5.14. The van der Waals surface area contributed by atoms with Crippen LogP contribution in [0.3, 0.4) is 0 Å². The van der Waals surface area contributed by atoms with Crippen molar-refractivity contribution in [1.82, 2.24) is 10.2 Å². The molecule has 1 saturated heterocycles. The average Bonchev–Trinajstić information content (AvgIpc) is 2.31. The van der Waals surface area contributed by atoms with Crippen LogP contribution in [-0.2, 0) is 9.59 Å². The fourth-order valence-corrected chi connectivity index (χ4v) is 1.68. The van der Waals surface area contributed by atoms with Crippen LogP contribution in [0.5, 0.6) is 0 Å². The van der Waals surface area contributed by atoms with Crippen molar-refractivity contribution in [3.63, 3.8) is 0 Å². The quantitative estimate of drug-likeness (QED) is 0.751. The maximum Gasteiger partial charge on any atom is 0.244 e. The molecule has 2 atom stereocenters. The molecule has 4 heteroatoms. The summed E-state index contributed by atoms with van der Waals surface area (Å²) in [7, 11) is 0. The molecular weight excluding hydrogens is 192 g/mol. The second-order valence-electron chi connectivity index (χ2n) is 4.34. The number of hydrogen-bond donors (Lipinski definition) is 1. The lowest BCUT2D eigenvalue weighted by atomic mass is 10.1. The van der Waals surface area contributed by atoms with Crippen LogP contribution in [0.25, 0.3) is 0 Å². The zero-order chi connectivity index (χ0) is 11.4. The highest BCUT2D eigenvalue weighted by atomic mass is 16.2. The van der Waals surface area contributed by atoms with E-state index in [1.54, 1.807) is 11.8 Å². The lowest BCUT2D eigenvalue weighted by Crippen LogP contribution is -2.43. The van der Waals surface area contributed by atoms with Crippen molar-refractivity contribution < 1.29 is 9.59 Å². The Kier molecular flexibility index (Phi) is 4.12. The molecule has 0 spiro atoms. The van der Waals surface area contributed by atoms with Crippen LogP contribution < -0.4 is 5.32 Å². The fraction of sp³-hybridized carbons (Fsp3) is 0.818. The number of nitrogens with zero attached hydrogens (tertiary/aromatic N) is 1. The van der Waals surface area contributed by atoms with Gasteiger partial charge >= 0.3 is 0 Å². The number of carbonyl (C=O) groups excluding carboxylic acids is 2. The van der Waals surface area contributed by atoms with Crippen LogP contribution in [0, 0.1) is 5.92 Å². The Labute approximate surface area is 91.0 Å². The maximum absolute atomic E-state index is 11.9. The molecule has 1 rings (SSSR count). The fourth-order valence-electron chi connectivity index (χ4n) is 1.68. The number of carbonyl (C=O) groups is 2. The Balaban J connectivity index is 2.62. The van der Waals surface area contributed by atoms with Gasteiger partial charge in [-0.05, 0) is 12.8 Å². The number of nitrogens with one attached hydrogen (secondary N) is 1. The van der Waals surface area contributed by atoms with E-state index >= 15 is 0 Å². The predicted molar refractivity (Wildman–Crippen MR) is 58.3 cm³/mol. The van der Waals surface area contributed by atoms with Crippen LogP contribution >= 0.6 is 0 Å². The minimum atomic E-state index is -0.371. The van der Waals surface area contributed by atoms with E-state index < -0.39 is 0 Å². The molecule has 0 aliphatic carbocycles. The third-order valence-electron chi connectivity index (χ3n) is 2.90. The van der Waals surface area contributed by atoms with Gasteiger partial charge in [0.05, 0.1) is 0 Å². The van der Waals surface area contributed by atoms with Crippen molar-refractivity contribution in [2.75, 3.05) is 13.1 Å². The molecular formula is C11H20N2O2. The van der Waals surface area contributed by atoms with Crippen molar-refractivity contribution in [3.8, 4) is 0 Å². The summed E-state index contributed by atoms with van der Waals surface area (Å²) in [6.45, 7) is 7.29. The van der Waals surface area contributed by atoms with Crippen molar-refractivity contribution in [2.24, 2.45) is 5.92 Å². The van der Waals surface area contributed by atoms with Gasteiger partial charge in [-0.3, -0.25) is 9.59 Å². The summed E-state index contributed by atoms with van der Waals surface area (Å²) >= 11 is 0. The molecule has 0 bridgehead atoms. The van der Waals surface area contributed by atoms with Gasteiger partial charge in [0.1, 0.15) is 6.04 Å². The van der Waals surface area contributed by atoms with Crippen molar-refractivity contribution in [1.29, 1.82) is 0 Å². The summed E-state index contributed by atoms with van der Waals surface area (Å²) in [4.78, 5) is 24.9. The summed E-state index contributed by atoms with van der Waals surface area (Å²) in [6.07, 6.45) is 1.48. The molecule has 1 heterocycles. The molecule has 0 aromatic carbocycles. The Hall–Kier alpha value is -1.06. The van der Waals surface area contributed by atoms with E-state index in [0.29, 0.717) is 18.9 Å². The molecule has 0 radical (unpaired) electrons. The first kappa shape index (κ1) is 12.0. The summed E-state index contributed by atoms with van der Waals surface area (Å²) < 4.78 is 0. The van der Waals surface area contributed by atoms with Crippen LogP contribution in [0.2, 0.25) is 0 Å². The summed E-state index contributed by atoms with van der Waals surface area (Å²) in [5.41, 5.74) is 0. The highest BCUT2D eigenvalue weighted by molar-refractivity contribution is 5.89. The zero-order valence-corrected chi connectivity index (χ0v) is 9.75. The first-order chi connectivity index (χ1) is 7.04. The highest BCUT2D eigenvalue weighted by Gasteiger charge is 2.26. The lowest BCUT2D eigenvalue weighted by molar-refractivity contribution is -0.133. The number of hydrogen-bond acceptors (Lipinski definition) is 2. The van der Waals surface area contributed by atoms with Gasteiger partial charge in [0, 0.05) is 19.5 Å². The van der Waals surface area contributed by atoms with Crippen molar-refractivity contribution >= 4 is 11.8 Å². The van der Waals surface area contributed by atoms with E-state index in [9.17, 15) is 9.59 Å². The van der Waals surface area contributed by atoms with Crippen LogP contribution in [0.1, 0.15) is 33.6 Å². The van der Waals surface area contributed by atoms with E-state index in [1.165, 1.54) is 0 Å². The Morgan fingerprint density at radius 3 is 2.80 bits per heavy atom. The molecule has 2 unspecified atom stereocenters. The molecule has 2 amide bonds. The van der Waals surface area contributed by atoms with Gasteiger partial charge in [0.15, 0.2) is 0 Å². The SMILES string of the molecule is CCC(C)CN1CCC(=O)NC(C)C1=O. The molecule has 0 aromatic rings. The molecule has 15 heavy (non-hydrogen) atoms. The van der Waals surface area contributed by atoms with E-state index in [-0.39, 0.29) is 17.9 Å². The molecule has 1 fully saturated rings. The largest absolute Gasteiger partial charge is 0.345 e. The monoisotopic (exact) mass is 212 g/mol. The standard InChI is InChI=1S/C11H20N2O2/c1-4-8(2)7-13-6-5-10(14)12-9(3)11(13)15/h8-9H,4-7H2,1-3H3,(H,12,14). The molecule has 0 saturated carbocycles. The molecule has 4 nitrogen and oxygen atoms in total. The Morgan fingerprint density at radius 1 is 1.53 bits per heavy atom. The van der Waals surface area contributed by atoms with E-state index in [1.807, 2.05) is 0 Å². The van der Waals surface area contributed by atoms with Crippen LogP contribution in [-0.4, -0.2) is 35.8 Å². The molecule has 1 N–H and O–H groups in total. The zero-order valence-electron chi connectivity index (χ0n) is 9.75. The van der Waals surface area contributed by atoms with E-state index in [2.05, 4.69) is 19.2 Å². The molecule has 1 aliphatic heterocycles. The molecule has 0 aromatic heterocycles. The third kappa shape index (κ3) is 3.22. The normalized spacial score (nSPS) is 24.7. The van der Waals surface area contributed by atoms with Gasteiger partial charge in [0.2, 0.25) is 11.8 Å². The lowest BCUT2D eigenvalue weighted by Gasteiger charge is -2.25. The maximum atomic E-state index is 11.9. The van der Waals surface area contributed by atoms with Gasteiger partial charge in [-0.25, -0.2) is 0 Å². The Bertz CT molecular complexity index is 253. The predicted octanol–water partition coefficient (Wildman–Crippen LogP) is 0.769. The number of rotatable bonds is 3. The average molecular weight is 212 g/mol. The van der Waals surface area contributed by atoms with Gasteiger partial charge in [-0.2, -0.15) is 0 Å². The molecule has 1 aliphatic rings. The smallest absolute Gasteiger partial charge is 0.244 e. The van der Waals surface area contributed by atoms with E-state index in [0.717, 1.165) is 13.0 Å². The number of amides is 2. The summed E-state index contributed by atoms with van der Waals surface area (Å²) in [5.74, 6) is 0.512. The van der Waals surface area contributed by atoms with Gasteiger partial charge in [0.25, 0.3) is 0 Å². The second-order valence-corrected chi connectivity index (χ2v) is 4.34. The summed E-state index contributed by atoms with van der Waals surface area (Å²) in [5, 5.41) is 2.68. The molecule has 86 valence electrons. The van der Waals surface area contributed by atoms with E-state index in [4.69, 9.17) is 0 Å². The summed E-state index contributed by atoms with van der Waals surface area (Å²) in [6, 6.07) is -0.371. The van der Waals surface area contributed by atoms with Gasteiger partial charge < -0.3 is 10.2 Å². The van der Waals surface area contributed by atoms with Crippen LogP contribution in [0.15, 0.2) is 0 Å². The first-order valence-electron chi connectivity index (χ1n) is 5.62.